The van der Waals surface area contributed by atoms with E-state index in [-0.39, 0.29) is 0 Å². The number of rotatable bonds is 1. The molecular weight excluding hydrogens is 297 g/mol. The summed E-state index contributed by atoms with van der Waals surface area (Å²) in [6, 6.07) is 6.00. The molecule has 0 amide bonds. The van der Waals surface area contributed by atoms with Crippen LogP contribution in [0.2, 0.25) is 5.15 Å². The van der Waals surface area contributed by atoms with Gasteiger partial charge in [0, 0.05) is 15.4 Å². The number of aromatic nitrogens is 1. The second kappa shape index (κ2) is 4.28. The molecule has 1 aromatic heterocycles. The molecule has 0 N–H and O–H groups in total. The minimum Gasteiger partial charge on any atom is -0.235 e. The molecule has 0 aliphatic carbocycles. The molecule has 0 fully saturated rings. The lowest BCUT2D eigenvalue weighted by Gasteiger charge is -2.07. The molecule has 0 unspecified atom stereocenters. The molecule has 0 spiro atoms. The Morgan fingerprint density at radius 3 is 2.80 bits per heavy atom. The molecule has 0 aliphatic rings. The Labute approximate surface area is 107 Å². The van der Waals surface area contributed by atoms with E-state index in [1.807, 2.05) is 25.1 Å². The van der Waals surface area contributed by atoms with E-state index in [1.165, 1.54) is 0 Å². The molecule has 2 aromatic rings. The van der Waals surface area contributed by atoms with Gasteiger partial charge in [0.05, 0.1) is 11.4 Å². The first-order valence-electron chi connectivity index (χ1n) is 4.43. The molecule has 1 nitrogen and oxygen atoms in total. The molecule has 0 atom stereocenters. The van der Waals surface area contributed by atoms with Gasteiger partial charge < -0.3 is 0 Å². The number of hydrogen-bond acceptors (Lipinski definition) is 1. The molecule has 0 bridgehead atoms. The Morgan fingerprint density at radius 2 is 2.13 bits per heavy atom. The third-order valence-electron chi connectivity index (χ3n) is 2.30. The number of alkyl halides is 1. The Bertz CT molecular complexity index is 525. The van der Waals surface area contributed by atoms with Crippen LogP contribution >= 0.6 is 39.1 Å². The Hall–Kier alpha value is -0.310. The summed E-state index contributed by atoms with van der Waals surface area (Å²) < 4.78 is 1.01. The maximum Gasteiger partial charge on any atom is 0.134 e. The first kappa shape index (κ1) is 11.2. The zero-order valence-electron chi connectivity index (χ0n) is 8.02. The van der Waals surface area contributed by atoms with E-state index in [2.05, 4.69) is 20.9 Å². The summed E-state index contributed by atoms with van der Waals surface area (Å²) in [4.78, 5) is 4.36. The van der Waals surface area contributed by atoms with Crippen LogP contribution in [-0.2, 0) is 5.88 Å². The van der Waals surface area contributed by atoms with Crippen LogP contribution < -0.4 is 0 Å². The van der Waals surface area contributed by atoms with E-state index in [0.717, 1.165) is 26.5 Å². The summed E-state index contributed by atoms with van der Waals surface area (Å²) in [5, 5.41) is 1.54. The van der Waals surface area contributed by atoms with Crippen LogP contribution in [0, 0.1) is 6.92 Å². The van der Waals surface area contributed by atoms with E-state index >= 15 is 0 Å². The number of aryl methyl sites for hydroxylation is 1. The number of pyridine rings is 1. The monoisotopic (exact) mass is 303 g/mol. The van der Waals surface area contributed by atoms with Gasteiger partial charge in [0.15, 0.2) is 0 Å². The predicted molar refractivity (Wildman–Crippen MR) is 68.7 cm³/mol. The van der Waals surface area contributed by atoms with Crippen LogP contribution in [0.4, 0.5) is 0 Å². The normalized spacial score (nSPS) is 10.9. The molecule has 15 heavy (non-hydrogen) atoms. The number of hydrogen-bond donors (Lipinski definition) is 0. The Balaban J connectivity index is 2.86. The Kier molecular flexibility index (Phi) is 3.19. The summed E-state index contributed by atoms with van der Waals surface area (Å²) in [5.74, 6) is 0.377. The number of benzene rings is 1. The van der Waals surface area contributed by atoms with E-state index in [0.29, 0.717) is 11.0 Å². The smallest absolute Gasteiger partial charge is 0.134 e. The molecule has 4 heteroatoms. The highest BCUT2D eigenvalue weighted by Crippen LogP contribution is 2.29. The van der Waals surface area contributed by atoms with Crippen LogP contribution in [0.25, 0.3) is 10.9 Å². The van der Waals surface area contributed by atoms with Crippen molar-refractivity contribution in [1.29, 1.82) is 0 Å². The third-order valence-corrected chi connectivity index (χ3v) is 3.61. The van der Waals surface area contributed by atoms with Crippen LogP contribution in [0.15, 0.2) is 22.7 Å². The quantitative estimate of drug-likeness (QED) is 0.550. The molecule has 0 saturated heterocycles. The largest absolute Gasteiger partial charge is 0.235 e. The molecule has 0 radical (unpaired) electrons. The fourth-order valence-corrected chi connectivity index (χ4v) is 2.39. The average Bonchev–Trinajstić information content (AvgIpc) is 2.23. The van der Waals surface area contributed by atoms with E-state index in [9.17, 15) is 0 Å². The molecule has 0 saturated carbocycles. The van der Waals surface area contributed by atoms with Gasteiger partial charge >= 0.3 is 0 Å². The molecule has 1 heterocycles. The minimum absolute atomic E-state index is 0.377. The first-order valence-corrected chi connectivity index (χ1v) is 6.14. The topological polar surface area (TPSA) is 12.9 Å². The van der Waals surface area contributed by atoms with Crippen LogP contribution in [0.3, 0.4) is 0 Å². The summed E-state index contributed by atoms with van der Waals surface area (Å²) >= 11 is 15.3. The Morgan fingerprint density at radius 1 is 1.40 bits per heavy atom. The molecular formula is C11H8BrCl2N. The summed E-state index contributed by atoms with van der Waals surface area (Å²) in [5.41, 5.74) is 2.89. The fourth-order valence-electron chi connectivity index (χ4n) is 1.48. The maximum atomic E-state index is 6.02. The van der Waals surface area contributed by atoms with Crippen molar-refractivity contribution in [2.24, 2.45) is 0 Å². The lowest BCUT2D eigenvalue weighted by Crippen LogP contribution is -1.90. The van der Waals surface area contributed by atoms with Gasteiger partial charge in [0.25, 0.3) is 0 Å². The number of nitrogens with zero attached hydrogens (tertiary/aromatic N) is 1. The summed E-state index contributed by atoms with van der Waals surface area (Å²) in [6.07, 6.45) is 0. The van der Waals surface area contributed by atoms with Gasteiger partial charge in [-0.1, -0.05) is 33.6 Å². The van der Waals surface area contributed by atoms with Gasteiger partial charge in [0.1, 0.15) is 5.15 Å². The molecule has 0 aliphatic heterocycles. The highest BCUT2D eigenvalue weighted by molar-refractivity contribution is 9.10. The van der Waals surface area contributed by atoms with Crippen LogP contribution in [0.5, 0.6) is 0 Å². The number of halogens is 3. The zero-order valence-corrected chi connectivity index (χ0v) is 11.1. The zero-order chi connectivity index (χ0) is 11.0. The lowest BCUT2D eigenvalue weighted by atomic mass is 10.1. The van der Waals surface area contributed by atoms with Crippen LogP contribution in [0.1, 0.15) is 11.1 Å². The van der Waals surface area contributed by atoms with Crippen molar-refractivity contribution in [2.75, 3.05) is 0 Å². The van der Waals surface area contributed by atoms with Crippen molar-refractivity contribution in [3.8, 4) is 0 Å². The number of fused-ring (bicyclic) bond motifs is 1. The van der Waals surface area contributed by atoms with Gasteiger partial charge in [-0.25, -0.2) is 4.98 Å². The van der Waals surface area contributed by atoms with Crippen molar-refractivity contribution >= 4 is 50.0 Å². The van der Waals surface area contributed by atoms with Crippen molar-refractivity contribution in [1.82, 2.24) is 4.98 Å². The third kappa shape index (κ3) is 1.99. The van der Waals surface area contributed by atoms with Gasteiger partial charge in [-0.2, -0.15) is 0 Å². The lowest BCUT2D eigenvalue weighted by molar-refractivity contribution is 1.28. The van der Waals surface area contributed by atoms with Crippen molar-refractivity contribution < 1.29 is 0 Å². The maximum absolute atomic E-state index is 6.02. The van der Waals surface area contributed by atoms with E-state index < -0.39 is 0 Å². The highest BCUT2D eigenvalue weighted by Gasteiger charge is 2.08. The van der Waals surface area contributed by atoms with Crippen molar-refractivity contribution in [3.05, 3.63) is 39.0 Å². The average molecular weight is 305 g/mol. The second-order valence-corrected chi connectivity index (χ2v) is 4.81. The molecule has 1 aromatic carbocycles. The van der Waals surface area contributed by atoms with Gasteiger partial charge in [0.2, 0.25) is 0 Å². The standard InChI is InChI=1S/C11H8BrCl2N/c1-6-2-3-9(12)8-4-7(5-13)11(14)15-10(6)8/h2-4H,5H2,1H3. The van der Waals surface area contributed by atoms with E-state index in [1.54, 1.807) is 0 Å². The van der Waals surface area contributed by atoms with Crippen molar-refractivity contribution in [2.45, 2.75) is 12.8 Å². The molecule has 78 valence electrons. The van der Waals surface area contributed by atoms with Crippen LogP contribution in [-0.4, -0.2) is 4.98 Å². The first-order chi connectivity index (χ1) is 7.13. The van der Waals surface area contributed by atoms with Gasteiger partial charge in [-0.3, -0.25) is 0 Å². The summed E-state index contributed by atoms with van der Waals surface area (Å²) in [7, 11) is 0. The van der Waals surface area contributed by atoms with Gasteiger partial charge in [-0.05, 0) is 24.6 Å². The SMILES string of the molecule is Cc1ccc(Br)c2cc(CCl)c(Cl)nc12. The second-order valence-electron chi connectivity index (χ2n) is 3.33. The predicted octanol–water partition coefficient (Wildman–Crippen LogP) is 4.70. The highest BCUT2D eigenvalue weighted by atomic mass is 79.9. The van der Waals surface area contributed by atoms with E-state index in [4.69, 9.17) is 23.2 Å². The van der Waals surface area contributed by atoms with Gasteiger partial charge in [-0.15, -0.1) is 11.6 Å². The molecule has 2 rings (SSSR count). The fraction of sp³-hybridized carbons (Fsp3) is 0.182. The summed E-state index contributed by atoms with van der Waals surface area (Å²) in [6.45, 7) is 2.01. The van der Waals surface area contributed by atoms with Crippen molar-refractivity contribution in [3.63, 3.8) is 0 Å². The minimum atomic E-state index is 0.377.